The largest absolute Gasteiger partial charge is 0.395 e. The molecule has 1 saturated heterocycles. The topological polar surface area (TPSA) is 52.6 Å². The van der Waals surface area contributed by atoms with Gasteiger partial charge in [-0.25, -0.2) is 0 Å². The van der Waals surface area contributed by atoms with E-state index in [9.17, 15) is 4.79 Å². The molecule has 1 amide bonds. The number of likely N-dealkylation sites (N-methyl/N-ethyl adjacent to an activating group) is 1. The summed E-state index contributed by atoms with van der Waals surface area (Å²) in [7, 11) is 1.95. The molecular weight excluding hydrogens is 336 g/mol. The molecule has 1 aromatic carbocycles. The van der Waals surface area contributed by atoms with Crippen LogP contribution in [-0.4, -0.2) is 35.5 Å². The summed E-state index contributed by atoms with van der Waals surface area (Å²) in [6, 6.07) is 8.26. The second kappa shape index (κ2) is 6.37. The van der Waals surface area contributed by atoms with Crippen LogP contribution in [0.1, 0.15) is 4.88 Å². The zero-order chi connectivity index (χ0) is 15.7. The lowest BCUT2D eigenvalue weighted by Crippen LogP contribution is -2.20. The van der Waals surface area contributed by atoms with E-state index < -0.39 is 0 Å². The zero-order valence-electron chi connectivity index (χ0n) is 11.8. The second-order valence-electron chi connectivity index (χ2n) is 4.87. The molecule has 1 aliphatic heterocycles. The van der Waals surface area contributed by atoms with E-state index in [1.165, 1.54) is 11.8 Å². The Morgan fingerprint density at radius 2 is 2.23 bits per heavy atom. The van der Waals surface area contributed by atoms with Crippen molar-refractivity contribution in [1.29, 1.82) is 0 Å². The standard InChI is InChI=1S/C15H14N2O2S3/c1-17(4-5-18)10-3-2-9-6-11(21-12(9)7-10)8-13-14(19)16-15(20)22-13/h2-3,6-8,18H,4-5H2,1H3,(H,16,19,20)/b13-8+. The van der Waals surface area contributed by atoms with Crippen molar-refractivity contribution >= 4 is 67.4 Å². The summed E-state index contributed by atoms with van der Waals surface area (Å²) in [5.41, 5.74) is 1.07. The predicted octanol–water partition coefficient (Wildman–Crippen LogP) is 2.82. The number of carbonyl (C=O) groups excluding carboxylic acids is 1. The van der Waals surface area contributed by atoms with E-state index in [0.29, 0.717) is 15.8 Å². The molecule has 1 aliphatic rings. The predicted molar refractivity (Wildman–Crippen MR) is 98.5 cm³/mol. The van der Waals surface area contributed by atoms with Gasteiger partial charge in [-0.05, 0) is 29.7 Å². The van der Waals surface area contributed by atoms with Crippen LogP contribution in [0.4, 0.5) is 5.69 Å². The fraction of sp³-hybridized carbons (Fsp3) is 0.200. The highest BCUT2D eigenvalue weighted by Crippen LogP contribution is 2.33. The van der Waals surface area contributed by atoms with E-state index in [0.717, 1.165) is 20.7 Å². The maximum atomic E-state index is 11.7. The lowest BCUT2D eigenvalue weighted by molar-refractivity contribution is -0.115. The molecule has 0 spiro atoms. The van der Waals surface area contributed by atoms with Gasteiger partial charge in [0.1, 0.15) is 4.32 Å². The quantitative estimate of drug-likeness (QED) is 0.656. The highest BCUT2D eigenvalue weighted by molar-refractivity contribution is 8.26. The molecule has 1 fully saturated rings. The van der Waals surface area contributed by atoms with Crippen LogP contribution in [0.25, 0.3) is 16.2 Å². The van der Waals surface area contributed by atoms with Crippen LogP contribution in [-0.2, 0) is 4.79 Å². The summed E-state index contributed by atoms with van der Waals surface area (Å²) in [5, 5.41) is 12.8. The van der Waals surface area contributed by atoms with Gasteiger partial charge >= 0.3 is 0 Å². The van der Waals surface area contributed by atoms with E-state index >= 15 is 0 Å². The Kier molecular flexibility index (Phi) is 4.49. The number of thiocarbonyl (C=S) groups is 1. The van der Waals surface area contributed by atoms with Gasteiger partial charge in [0.15, 0.2) is 0 Å². The minimum absolute atomic E-state index is 0.128. The highest BCUT2D eigenvalue weighted by atomic mass is 32.2. The number of anilines is 1. The van der Waals surface area contributed by atoms with E-state index in [1.54, 1.807) is 11.3 Å². The summed E-state index contributed by atoms with van der Waals surface area (Å²) >= 11 is 7.92. The number of hydrogen-bond donors (Lipinski definition) is 2. The molecule has 0 atom stereocenters. The van der Waals surface area contributed by atoms with Gasteiger partial charge in [-0.15, -0.1) is 11.3 Å². The Morgan fingerprint density at radius 1 is 1.41 bits per heavy atom. The lowest BCUT2D eigenvalue weighted by atomic mass is 10.2. The molecule has 4 nitrogen and oxygen atoms in total. The molecule has 7 heteroatoms. The van der Waals surface area contributed by atoms with Crippen LogP contribution < -0.4 is 10.2 Å². The number of fused-ring (bicyclic) bond motifs is 1. The first kappa shape index (κ1) is 15.5. The van der Waals surface area contributed by atoms with Crippen molar-refractivity contribution in [3.8, 4) is 0 Å². The number of amides is 1. The minimum Gasteiger partial charge on any atom is -0.395 e. The van der Waals surface area contributed by atoms with Crippen molar-refractivity contribution in [2.24, 2.45) is 0 Å². The highest BCUT2D eigenvalue weighted by Gasteiger charge is 2.22. The third-order valence-electron chi connectivity index (χ3n) is 3.31. The van der Waals surface area contributed by atoms with Crippen LogP contribution in [0.3, 0.4) is 0 Å². The molecule has 3 rings (SSSR count). The summed E-state index contributed by atoms with van der Waals surface area (Å²) in [6.07, 6.45) is 1.88. The molecule has 0 unspecified atom stereocenters. The molecule has 0 radical (unpaired) electrons. The molecule has 0 aliphatic carbocycles. The van der Waals surface area contributed by atoms with Gasteiger partial charge in [0.05, 0.1) is 11.5 Å². The van der Waals surface area contributed by atoms with Crippen molar-refractivity contribution in [2.75, 3.05) is 25.1 Å². The molecule has 0 bridgehead atoms. The zero-order valence-corrected chi connectivity index (χ0v) is 14.3. The van der Waals surface area contributed by atoms with E-state index in [2.05, 4.69) is 23.5 Å². The van der Waals surface area contributed by atoms with Crippen LogP contribution in [0, 0.1) is 0 Å². The second-order valence-corrected chi connectivity index (χ2v) is 7.70. The van der Waals surface area contributed by atoms with Crippen molar-refractivity contribution in [2.45, 2.75) is 0 Å². The number of thiophene rings is 1. The van der Waals surface area contributed by atoms with Crippen LogP contribution in [0.2, 0.25) is 0 Å². The molecule has 2 N–H and O–H groups in total. The van der Waals surface area contributed by atoms with Crippen molar-refractivity contribution in [1.82, 2.24) is 5.32 Å². The van der Waals surface area contributed by atoms with Gasteiger partial charge in [0, 0.05) is 28.9 Å². The molecule has 2 heterocycles. The number of nitrogens with one attached hydrogen (secondary N) is 1. The number of aliphatic hydroxyl groups excluding tert-OH is 1. The van der Waals surface area contributed by atoms with E-state index in [-0.39, 0.29) is 12.5 Å². The van der Waals surface area contributed by atoms with Gasteiger partial charge in [0.2, 0.25) is 0 Å². The number of thioether (sulfide) groups is 1. The molecular formula is C15H14N2O2S3. The Labute approximate surface area is 141 Å². The van der Waals surface area contributed by atoms with Gasteiger partial charge in [-0.1, -0.05) is 30.0 Å². The molecule has 1 aromatic heterocycles. The molecule has 2 aromatic rings. The monoisotopic (exact) mass is 350 g/mol. The first-order valence-electron chi connectivity index (χ1n) is 6.67. The van der Waals surface area contributed by atoms with Crippen molar-refractivity contribution < 1.29 is 9.90 Å². The van der Waals surface area contributed by atoms with Crippen LogP contribution >= 0.6 is 35.3 Å². The smallest absolute Gasteiger partial charge is 0.263 e. The summed E-state index contributed by atoms with van der Waals surface area (Å²) < 4.78 is 1.66. The number of aliphatic hydroxyl groups is 1. The molecule has 114 valence electrons. The first-order valence-corrected chi connectivity index (χ1v) is 8.71. The Morgan fingerprint density at radius 3 is 2.91 bits per heavy atom. The SMILES string of the molecule is CN(CCO)c1ccc2cc(/C=C3/SC(=S)NC3=O)sc2c1. The average molecular weight is 350 g/mol. The van der Waals surface area contributed by atoms with Gasteiger partial charge in [-0.3, -0.25) is 4.79 Å². The Bertz CT molecular complexity index is 782. The van der Waals surface area contributed by atoms with Crippen LogP contribution in [0.15, 0.2) is 29.2 Å². The Balaban J connectivity index is 1.91. The Hall–Kier alpha value is -1.41. The summed E-state index contributed by atoms with van der Waals surface area (Å²) in [5.74, 6) is -0.129. The van der Waals surface area contributed by atoms with E-state index in [1.807, 2.05) is 24.1 Å². The summed E-state index contributed by atoms with van der Waals surface area (Å²) in [6.45, 7) is 0.727. The van der Waals surface area contributed by atoms with E-state index in [4.69, 9.17) is 17.3 Å². The summed E-state index contributed by atoms with van der Waals surface area (Å²) in [4.78, 5) is 15.4. The van der Waals surface area contributed by atoms with Crippen molar-refractivity contribution in [3.05, 3.63) is 34.0 Å². The molecule has 0 saturated carbocycles. The van der Waals surface area contributed by atoms with Crippen LogP contribution in [0.5, 0.6) is 0 Å². The number of carbonyl (C=O) groups is 1. The van der Waals surface area contributed by atoms with Gasteiger partial charge in [-0.2, -0.15) is 0 Å². The number of rotatable bonds is 4. The maximum Gasteiger partial charge on any atom is 0.263 e. The maximum absolute atomic E-state index is 11.7. The van der Waals surface area contributed by atoms with Crippen molar-refractivity contribution in [3.63, 3.8) is 0 Å². The number of hydrogen-bond acceptors (Lipinski definition) is 6. The number of benzene rings is 1. The fourth-order valence-electron chi connectivity index (χ4n) is 2.18. The fourth-order valence-corrected chi connectivity index (χ4v) is 4.33. The van der Waals surface area contributed by atoms with Gasteiger partial charge in [0.25, 0.3) is 5.91 Å². The minimum atomic E-state index is -0.129. The third kappa shape index (κ3) is 3.17. The number of nitrogens with zero attached hydrogens (tertiary/aromatic N) is 1. The first-order chi connectivity index (χ1) is 10.6. The molecule has 22 heavy (non-hydrogen) atoms. The lowest BCUT2D eigenvalue weighted by Gasteiger charge is -2.17. The van der Waals surface area contributed by atoms with Gasteiger partial charge < -0.3 is 15.3 Å². The normalized spacial score (nSPS) is 16.5. The third-order valence-corrected chi connectivity index (χ3v) is 5.52. The average Bonchev–Trinajstić information content (AvgIpc) is 3.01.